The fraction of sp³-hybridized carbons (Fsp3) is 0.429. The van der Waals surface area contributed by atoms with Crippen LogP contribution in [0.15, 0.2) is 57.9 Å². The standard InChI is InChI=1S/C28H34O6S4/c1-3-25(35-17-1)27-23(5-19-37-27)21-33-15-13-31-11-9-29-7-8-30-10-12-32-14-16-34-22-24-6-20-38-28(24)26-4-2-18-36-26/h1-6,17-20H,7-16,21-22H2. The molecule has 0 aliphatic heterocycles. The van der Waals surface area contributed by atoms with Crippen LogP contribution < -0.4 is 0 Å². The quantitative estimate of drug-likeness (QED) is 0.0963. The Balaban J connectivity index is 0.883. The molecule has 0 aliphatic rings. The second-order valence-electron chi connectivity index (χ2n) is 8.06. The van der Waals surface area contributed by atoms with Gasteiger partial charge in [0.2, 0.25) is 0 Å². The van der Waals surface area contributed by atoms with Crippen molar-refractivity contribution >= 4 is 45.3 Å². The predicted octanol–water partition coefficient (Wildman–Crippen LogP) is 7.07. The molecule has 0 amide bonds. The zero-order valence-corrected chi connectivity index (χ0v) is 24.6. The van der Waals surface area contributed by atoms with E-state index >= 15 is 0 Å². The van der Waals surface area contributed by atoms with Crippen molar-refractivity contribution < 1.29 is 28.4 Å². The minimum Gasteiger partial charge on any atom is -0.377 e. The lowest BCUT2D eigenvalue weighted by molar-refractivity contribution is -0.0185. The van der Waals surface area contributed by atoms with Gasteiger partial charge in [-0.15, -0.1) is 45.3 Å². The first-order valence-corrected chi connectivity index (χ1v) is 16.1. The zero-order valence-electron chi connectivity index (χ0n) is 21.3. The maximum absolute atomic E-state index is 5.77. The maximum atomic E-state index is 5.77. The Morgan fingerprint density at radius 3 is 1.11 bits per heavy atom. The molecule has 0 N–H and O–H groups in total. The predicted molar refractivity (Wildman–Crippen MR) is 158 cm³/mol. The van der Waals surface area contributed by atoms with Gasteiger partial charge in [0.05, 0.1) is 79.3 Å². The van der Waals surface area contributed by atoms with E-state index < -0.39 is 0 Å². The summed E-state index contributed by atoms with van der Waals surface area (Å²) in [5.41, 5.74) is 2.47. The van der Waals surface area contributed by atoms with E-state index in [0.29, 0.717) is 79.3 Å². The summed E-state index contributed by atoms with van der Waals surface area (Å²) < 4.78 is 33.8. The number of hydrogen-bond donors (Lipinski definition) is 0. The summed E-state index contributed by atoms with van der Waals surface area (Å²) in [6, 6.07) is 12.7. The minimum atomic E-state index is 0.542. The fourth-order valence-electron chi connectivity index (χ4n) is 3.51. The summed E-state index contributed by atoms with van der Waals surface area (Å²) in [4.78, 5) is 5.18. The number of rotatable bonds is 21. The molecule has 0 radical (unpaired) electrons. The van der Waals surface area contributed by atoms with Crippen molar-refractivity contribution in [2.45, 2.75) is 13.2 Å². The summed E-state index contributed by atoms with van der Waals surface area (Å²) >= 11 is 7.03. The Bertz CT molecular complexity index is 1020. The molecule has 0 saturated carbocycles. The van der Waals surface area contributed by atoms with Crippen molar-refractivity contribution in [3.63, 3.8) is 0 Å². The molecular weight excluding hydrogens is 561 g/mol. The Kier molecular flexibility index (Phi) is 14.0. The average molecular weight is 595 g/mol. The van der Waals surface area contributed by atoms with Crippen molar-refractivity contribution in [2.75, 3.05) is 66.1 Å². The molecule has 0 fully saturated rings. The van der Waals surface area contributed by atoms with E-state index in [4.69, 9.17) is 28.4 Å². The van der Waals surface area contributed by atoms with Crippen LogP contribution in [-0.2, 0) is 41.6 Å². The lowest BCUT2D eigenvalue weighted by Gasteiger charge is -2.08. The van der Waals surface area contributed by atoms with Crippen molar-refractivity contribution in [2.24, 2.45) is 0 Å². The molecule has 4 rings (SSSR count). The van der Waals surface area contributed by atoms with Crippen molar-refractivity contribution in [3.8, 4) is 19.5 Å². The van der Waals surface area contributed by atoms with Crippen molar-refractivity contribution in [1.29, 1.82) is 0 Å². The first kappa shape index (κ1) is 29.5. The van der Waals surface area contributed by atoms with Crippen LogP contribution >= 0.6 is 45.3 Å². The largest absolute Gasteiger partial charge is 0.377 e. The third-order valence-electron chi connectivity index (χ3n) is 5.36. The lowest BCUT2D eigenvalue weighted by Crippen LogP contribution is -2.14. The van der Waals surface area contributed by atoms with E-state index in [-0.39, 0.29) is 0 Å². The van der Waals surface area contributed by atoms with Crippen LogP contribution in [0.3, 0.4) is 0 Å². The van der Waals surface area contributed by atoms with Gasteiger partial charge in [0.25, 0.3) is 0 Å². The highest BCUT2D eigenvalue weighted by Gasteiger charge is 2.09. The Morgan fingerprint density at radius 2 is 0.763 bits per heavy atom. The third-order valence-corrected chi connectivity index (χ3v) is 9.37. The molecule has 10 heteroatoms. The fourth-order valence-corrected chi connectivity index (χ4v) is 7.15. The molecule has 38 heavy (non-hydrogen) atoms. The maximum Gasteiger partial charge on any atom is 0.0732 e. The van der Waals surface area contributed by atoms with Crippen LogP contribution in [0.5, 0.6) is 0 Å². The van der Waals surface area contributed by atoms with E-state index in [1.54, 1.807) is 45.3 Å². The Morgan fingerprint density at radius 1 is 0.395 bits per heavy atom. The Labute approximate surface area is 240 Å². The van der Waals surface area contributed by atoms with Crippen LogP contribution in [0, 0.1) is 0 Å². The summed E-state index contributed by atoms with van der Waals surface area (Å²) in [5, 5.41) is 8.43. The van der Waals surface area contributed by atoms with Gasteiger partial charge in [-0.25, -0.2) is 0 Å². The van der Waals surface area contributed by atoms with Crippen LogP contribution in [-0.4, -0.2) is 66.1 Å². The van der Waals surface area contributed by atoms with Gasteiger partial charge >= 0.3 is 0 Å². The molecule has 0 spiro atoms. The second kappa shape index (κ2) is 18.0. The highest BCUT2D eigenvalue weighted by molar-refractivity contribution is 7.21. The first-order chi connectivity index (χ1) is 18.9. The van der Waals surface area contributed by atoms with Gasteiger partial charge in [-0.3, -0.25) is 0 Å². The van der Waals surface area contributed by atoms with Crippen LogP contribution in [0.4, 0.5) is 0 Å². The van der Waals surface area contributed by atoms with Gasteiger partial charge in [-0.05, 0) is 56.9 Å². The molecule has 0 saturated heterocycles. The molecule has 0 atom stereocenters. The summed E-state index contributed by atoms with van der Waals surface area (Å²) in [7, 11) is 0. The van der Waals surface area contributed by atoms with Crippen LogP contribution in [0.2, 0.25) is 0 Å². The van der Waals surface area contributed by atoms with Crippen molar-refractivity contribution in [3.05, 3.63) is 69.0 Å². The monoisotopic (exact) mass is 594 g/mol. The number of ether oxygens (including phenoxy) is 6. The SMILES string of the molecule is c1csc(-c2sccc2COCCOCCOCCOCCOCCOCc2ccsc2-c2cccs2)c1. The topological polar surface area (TPSA) is 55.4 Å². The van der Waals surface area contributed by atoms with Gasteiger partial charge in [0, 0.05) is 19.5 Å². The summed E-state index contributed by atoms with van der Waals surface area (Å²) in [5.74, 6) is 0. The van der Waals surface area contributed by atoms with E-state index in [2.05, 4.69) is 57.9 Å². The molecule has 0 unspecified atom stereocenters. The molecule has 6 nitrogen and oxygen atoms in total. The summed E-state index contributed by atoms with van der Waals surface area (Å²) in [6.45, 7) is 6.73. The number of thiophene rings is 4. The average Bonchev–Trinajstić information content (AvgIpc) is 3.75. The molecule has 4 aromatic heterocycles. The molecule has 0 bridgehead atoms. The molecule has 4 heterocycles. The second-order valence-corrected chi connectivity index (χ2v) is 11.8. The van der Waals surface area contributed by atoms with E-state index in [1.165, 1.54) is 30.6 Å². The zero-order chi connectivity index (χ0) is 26.1. The number of hydrogen-bond acceptors (Lipinski definition) is 10. The van der Waals surface area contributed by atoms with Gasteiger partial charge in [-0.1, -0.05) is 12.1 Å². The van der Waals surface area contributed by atoms with E-state index in [1.807, 2.05) is 0 Å². The highest BCUT2D eigenvalue weighted by atomic mass is 32.1. The van der Waals surface area contributed by atoms with Crippen molar-refractivity contribution in [1.82, 2.24) is 0 Å². The molecule has 206 valence electrons. The normalized spacial score (nSPS) is 11.5. The summed E-state index contributed by atoms with van der Waals surface area (Å²) in [6.07, 6.45) is 0. The molecule has 0 aromatic carbocycles. The first-order valence-electron chi connectivity index (χ1n) is 12.6. The lowest BCUT2D eigenvalue weighted by atomic mass is 10.2. The van der Waals surface area contributed by atoms with E-state index in [9.17, 15) is 0 Å². The molecular formula is C28H34O6S4. The third kappa shape index (κ3) is 10.3. The van der Waals surface area contributed by atoms with Gasteiger partial charge in [0.1, 0.15) is 0 Å². The van der Waals surface area contributed by atoms with Crippen LogP contribution in [0.25, 0.3) is 19.5 Å². The van der Waals surface area contributed by atoms with Crippen LogP contribution in [0.1, 0.15) is 11.1 Å². The van der Waals surface area contributed by atoms with Gasteiger partial charge < -0.3 is 28.4 Å². The van der Waals surface area contributed by atoms with Gasteiger partial charge in [0.15, 0.2) is 0 Å². The van der Waals surface area contributed by atoms with Gasteiger partial charge in [-0.2, -0.15) is 0 Å². The van der Waals surface area contributed by atoms with E-state index in [0.717, 1.165) is 0 Å². The molecule has 4 aromatic rings. The smallest absolute Gasteiger partial charge is 0.0732 e. The molecule has 0 aliphatic carbocycles. The highest BCUT2D eigenvalue weighted by Crippen LogP contribution is 2.34. The Hall–Kier alpha value is -1.44. The minimum absolute atomic E-state index is 0.542.